The van der Waals surface area contributed by atoms with Crippen molar-refractivity contribution < 1.29 is 19.4 Å². The quantitative estimate of drug-likeness (QED) is 0.386. The standard InChI is InChI=1S/C27H29ClN2O4/c28-23-14-12-22(13-15-23)19-30(26(32)20-34-24-10-5-2-6-11-24)25(27(33)29-16-7-17-31)18-21-8-3-1-4-9-21/h1-6,8-15,25,31H,7,16-20H2,(H,29,33). The molecule has 1 unspecified atom stereocenters. The van der Waals surface area contributed by atoms with Crippen LogP contribution in [0.2, 0.25) is 5.02 Å². The number of aliphatic hydroxyl groups excluding tert-OH is 1. The van der Waals surface area contributed by atoms with E-state index in [-0.39, 0.29) is 31.6 Å². The van der Waals surface area contributed by atoms with E-state index in [4.69, 9.17) is 21.4 Å². The van der Waals surface area contributed by atoms with Crippen LogP contribution < -0.4 is 10.1 Å². The zero-order valence-electron chi connectivity index (χ0n) is 18.9. The molecule has 2 amide bonds. The summed E-state index contributed by atoms with van der Waals surface area (Å²) in [6, 6.07) is 25.1. The summed E-state index contributed by atoms with van der Waals surface area (Å²) >= 11 is 6.03. The Balaban J connectivity index is 1.86. The van der Waals surface area contributed by atoms with E-state index in [9.17, 15) is 9.59 Å². The number of rotatable bonds is 12. The second-order valence-corrected chi connectivity index (χ2v) is 8.26. The molecule has 34 heavy (non-hydrogen) atoms. The van der Waals surface area contributed by atoms with Crippen LogP contribution in [-0.2, 0) is 22.6 Å². The Labute approximate surface area is 205 Å². The van der Waals surface area contributed by atoms with Crippen LogP contribution in [0.25, 0.3) is 0 Å². The molecule has 178 valence electrons. The molecule has 0 heterocycles. The van der Waals surface area contributed by atoms with Gasteiger partial charge in [-0.2, -0.15) is 0 Å². The zero-order valence-corrected chi connectivity index (χ0v) is 19.7. The summed E-state index contributed by atoms with van der Waals surface area (Å²) in [6.07, 6.45) is 0.780. The highest BCUT2D eigenvalue weighted by molar-refractivity contribution is 6.30. The van der Waals surface area contributed by atoms with Crippen molar-refractivity contribution in [2.75, 3.05) is 19.8 Å². The topological polar surface area (TPSA) is 78.9 Å². The maximum atomic E-state index is 13.4. The van der Waals surface area contributed by atoms with Gasteiger partial charge < -0.3 is 20.1 Å². The molecule has 3 aromatic rings. The van der Waals surface area contributed by atoms with Crippen molar-refractivity contribution in [3.63, 3.8) is 0 Å². The lowest BCUT2D eigenvalue weighted by Crippen LogP contribution is -2.51. The van der Waals surface area contributed by atoms with Crippen LogP contribution in [0.5, 0.6) is 5.75 Å². The van der Waals surface area contributed by atoms with Crippen LogP contribution in [0.1, 0.15) is 17.5 Å². The number of ether oxygens (including phenoxy) is 1. The summed E-state index contributed by atoms with van der Waals surface area (Å²) in [7, 11) is 0. The lowest BCUT2D eigenvalue weighted by atomic mass is 10.0. The van der Waals surface area contributed by atoms with Gasteiger partial charge in [0.1, 0.15) is 11.8 Å². The Kier molecular flexibility index (Phi) is 9.95. The monoisotopic (exact) mass is 480 g/mol. The molecule has 1 atom stereocenters. The van der Waals surface area contributed by atoms with Gasteiger partial charge in [-0.25, -0.2) is 0 Å². The van der Waals surface area contributed by atoms with Crippen molar-refractivity contribution in [3.8, 4) is 5.75 Å². The Morgan fingerprint density at radius 1 is 0.912 bits per heavy atom. The number of hydrogen-bond acceptors (Lipinski definition) is 4. The smallest absolute Gasteiger partial charge is 0.261 e. The Morgan fingerprint density at radius 3 is 2.21 bits per heavy atom. The zero-order chi connectivity index (χ0) is 24.2. The van der Waals surface area contributed by atoms with Crippen LogP contribution >= 0.6 is 11.6 Å². The normalized spacial score (nSPS) is 11.5. The number of amides is 2. The number of halogens is 1. The molecule has 3 aromatic carbocycles. The van der Waals surface area contributed by atoms with Gasteiger partial charge >= 0.3 is 0 Å². The maximum Gasteiger partial charge on any atom is 0.261 e. The highest BCUT2D eigenvalue weighted by Crippen LogP contribution is 2.17. The fraction of sp³-hybridized carbons (Fsp3) is 0.259. The highest BCUT2D eigenvalue weighted by atomic mass is 35.5. The van der Waals surface area contributed by atoms with Gasteiger partial charge in [0, 0.05) is 31.1 Å². The van der Waals surface area contributed by atoms with Crippen LogP contribution in [-0.4, -0.2) is 47.6 Å². The lowest BCUT2D eigenvalue weighted by Gasteiger charge is -2.31. The number of nitrogens with one attached hydrogen (secondary N) is 1. The second-order valence-electron chi connectivity index (χ2n) is 7.82. The highest BCUT2D eigenvalue weighted by Gasteiger charge is 2.30. The number of nitrogens with zero attached hydrogens (tertiary/aromatic N) is 1. The summed E-state index contributed by atoms with van der Waals surface area (Å²) < 4.78 is 5.71. The molecule has 0 radical (unpaired) electrons. The maximum absolute atomic E-state index is 13.4. The molecule has 0 aliphatic rings. The first kappa shape index (κ1) is 25.3. The molecular formula is C27H29ClN2O4. The van der Waals surface area contributed by atoms with E-state index in [0.717, 1.165) is 11.1 Å². The van der Waals surface area contributed by atoms with E-state index in [1.807, 2.05) is 60.7 Å². The molecule has 0 aromatic heterocycles. The summed E-state index contributed by atoms with van der Waals surface area (Å²) in [4.78, 5) is 28.2. The Morgan fingerprint density at radius 2 is 1.56 bits per heavy atom. The van der Waals surface area contributed by atoms with Gasteiger partial charge in [0.05, 0.1) is 0 Å². The SMILES string of the molecule is O=C(NCCCO)C(Cc1ccccc1)N(Cc1ccc(Cl)cc1)C(=O)COc1ccccc1. The first-order chi connectivity index (χ1) is 16.6. The molecule has 6 nitrogen and oxygen atoms in total. The van der Waals surface area contributed by atoms with Crippen LogP contribution in [0.15, 0.2) is 84.9 Å². The van der Waals surface area contributed by atoms with E-state index in [0.29, 0.717) is 30.2 Å². The number of carbonyl (C=O) groups is 2. The molecule has 0 bridgehead atoms. The van der Waals surface area contributed by atoms with Crippen molar-refractivity contribution in [2.24, 2.45) is 0 Å². The van der Waals surface area contributed by atoms with Crippen LogP contribution in [0.3, 0.4) is 0 Å². The average molecular weight is 481 g/mol. The Hall–Kier alpha value is -3.35. The van der Waals surface area contributed by atoms with Crippen molar-refractivity contribution in [2.45, 2.75) is 25.4 Å². The third kappa shape index (κ3) is 7.90. The van der Waals surface area contributed by atoms with E-state index in [1.165, 1.54) is 0 Å². The average Bonchev–Trinajstić information content (AvgIpc) is 2.87. The molecule has 0 saturated carbocycles. The predicted molar refractivity (Wildman–Crippen MR) is 133 cm³/mol. The molecule has 2 N–H and O–H groups in total. The predicted octanol–water partition coefficient (Wildman–Crippen LogP) is 3.86. The third-order valence-electron chi connectivity index (χ3n) is 5.28. The van der Waals surface area contributed by atoms with E-state index in [2.05, 4.69) is 5.32 Å². The van der Waals surface area contributed by atoms with Crippen LogP contribution in [0.4, 0.5) is 0 Å². The van der Waals surface area contributed by atoms with Gasteiger partial charge in [-0.05, 0) is 41.8 Å². The van der Waals surface area contributed by atoms with Gasteiger partial charge in [0.15, 0.2) is 6.61 Å². The minimum absolute atomic E-state index is 0.0258. The van der Waals surface area contributed by atoms with Crippen molar-refractivity contribution in [3.05, 3.63) is 101 Å². The van der Waals surface area contributed by atoms with E-state index < -0.39 is 6.04 Å². The van der Waals surface area contributed by atoms with E-state index in [1.54, 1.807) is 29.2 Å². The van der Waals surface area contributed by atoms with Crippen LogP contribution in [0, 0.1) is 0 Å². The minimum atomic E-state index is -0.761. The molecule has 0 spiro atoms. The molecule has 0 fully saturated rings. The van der Waals surface area contributed by atoms with Gasteiger partial charge in [0.2, 0.25) is 5.91 Å². The Bertz CT molecular complexity index is 1030. The molecule has 3 rings (SSSR count). The lowest BCUT2D eigenvalue weighted by molar-refractivity contribution is -0.142. The molecule has 0 saturated heterocycles. The number of aliphatic hydroxyl groups is 1. The number of carbonyl (C=O) groups excluding carboxylic acids is 2. The van der Waals surface area contributed by atoms with Crippen molar-refractivity contribution in [1.29, 1.82) is 0 Å². The van der Waals surface area contributed by atoms with Gasteiger partial charge in [-0.3, -0.25) is 9.59 Å². The molecule has 7 heteroatoms. The molecule has 0 aliphatic carbocycles. The molecular weight excluding hydrogens is 452 g/mol. The minimum Gasteiger partial charge on any atom is -0.484 e. The second kappa shape index (κ2) is 13.4. The van der Waals surface area contributed by atoms with Gasteiger partial charge in [0.25, 0.3) is 5.91 Å². The number of benzene rings is 3. The fourth-order valence-corrected chi connectivity index (χ4v) is 3.62. The van der Waals surface area contributed by atoms with Gasteiger partial charge in [-0.15, -0.1) is 0 Å². The third-order valence-corrected chi connectivity index (χ3v) is 5.53. The number of hydrogen-bond donors (Lipinski definition) is 2. The summed E-state index contributed by atoms with van der Waals surface area (Å²) in [5, 5.41) is 12.5. The fourth-order valence-electron chi connectivity index (χ4n) is 3.49. The largest absolute Gasteiger partial charge is 0.484 e. The number of para-hydroxylation sites is 1. The van der Waals surface area contributed by atoms with E-state index >= 15 is 0 Å². The molecule has 0 aliphatic heterocycles. The van der Waals surface area contributed by atoms with Crippen molar-refractivity contribution in [1.82, 2.24) is 10.2 Å². The van der Waals surface area contributed by atoms with Gasteiger partial charge in [-0.1, -0.05) is 72.3 Å². The first-order valence-electron chi connectivity index (χ1n) is 11.2. The summed E-state index contributed by atoms with van der Waals surface area (Å²) in [6.45, 7) is 0.317. The summed E-state index contributed by atoms with van der Waals surface area (Å²) in [5.74, 6) is -0.00864. The summed E-state index contributed by atoms with van der Waals surface area (Å²) in [5.41, 5.74) is 1.78. The first-order valence-corrected chi connectivity index (χ1v) is 11.6. The van der Waals surface area contributed by atoms with Crippen molar-refractivity contribution >= 4 is 23.4 Å².